The van der Waals surface area contributed by atoms with Crippen molar-refractivity contribution in [3.63, 3.8) is 0 Å². The molecular formula is C17H23N3O. The molecule has 1 atom stereocenters. The van der Waals surface area contributed by atoms with Gasteiger partial charge < -0.3 is 5.32 Å². The highest BCUT2D eigenvalue weighted by Crippen LogP contribution is 2.18. The molecule has 2 rings (SSSR count). The summed E-state index contributed by atoms with van der Waals surface area (Å²) < 4.78 is 1.76. The zero-order valence-corrected chi connectivity index (χ0v) is 12.7. The first-order valence-corrected chi connectivity index (χ1v) is 7.51. The molecule has 1 heterocycles. The Balaban J connectivity index is 1.89. The van der Waals surface area contributed by atoms with E-state index in [0.29, 0.717) is 6.42 Å². The van der Waals surface area contributed by atoms with Crippen LogP contribution in [0.4, 0.5) is 0 Å². The van der Waals surface area contributed by atoms with Gasteiger partial charge in [-0.3, -0.25) is 9.48 Å². The maximum Gasteiger partial charge on any atom is 0.220 e. The van der Waals surface area contributed by atoms with Crippen LogP contribution in [0.3, 0.4) is 0 Å². The minimum absolute atomic E-state index is 0.0983. The van der Waals surface area contributed by atoms with Crippen LogP contribution in [0.25, 0.3) is 0 Å². The van der Waals surface area contributed by atoms with Gasteiger partial charge in [0.15, 0.2) is 0 Å². The molecule has 0 fully saturated rings. The number of nitrogens with one attached hydrogen (secondary N) is 1. The van der Waals surface area contributed by atoms with Crippen molar-refractivity contribution in [2.24, 2.45) is 7.05 Å². The van der Waals surface area contributed by atoms with Gasteiger partial charge in [-0.15, -0.1) is 0 Å². The fraction of sp³-hybridized carbons (Fsp3) is 0.412. The third kappa shape index (κ3) is 4.74. The Bertz CT molecular complexity index is 562. The van der Waals surface area contributed by atoms with Gasteiger partial charge in [0.2, 0.25) is 5.91 Å². The summed E-state index contributed by atoms with van der Waals surface area (Å²) in [6.07, 6.45) is 7.00. The number of benzene rings is 1. The summed E-state index contributed by atoms with van der Waals surface area (Å²) in [5.74, 6) is 0.0983. The standard InChI is InChI=1S/C17H23N3O/c1-3-7-16(15-8-5-4-6-9-15)19-17(21)11-10-14-12-18-20(2)13-14/h4-6,8-9,12-13,16H,3,7,10-11H2,1-2H3,(H,19,21). The van der Waals surface area contributed by atoms with E-state index in [1.165, 1.54) is 5.56 Å². The van der Waals surface area contributed by atoms with Crippen molar-refractivity contribution < 1.29 is 4.79 Å². The second-order valence-electron chi connectivity index (χ2n) is 5.34. The zero-order valence-electron chi connectivity index (χ0n) is 12.7. The summed E-state index contributed by atoms with van der Waals surface area (Å²) in [7, 11) is 1.89. The second kappa shape index (κ2) is 7.62. The van der Waals surface area contributed by atoms with Gasteiger partial charge in [-0.1, -0.05) is 43.7 Å². The van der Waals surface area contributed by atoms with Crippen molar-refractivity contribution in [2.75, 3.05) is 0 Å². The van der Waals surface area contributed by atoms with Crippen molar-refractivity contribution in [1.82, 2.24) is 15.1 Å². The van der Waals surface area contributed by atoms with Gasteiger partial charge in [0.05, 0.1) is 12.2 Å². The molecule has 0 saturated carbocycles. The van der Waals surface area contributed by atoms with E-state index < -0.39 is 0 Å². The van der Waals surface area contributed by atoms with Crippen molar-refractivity contribution in [2.45, 2.75) is 38.6 Å². The quantitative estimate of drug-likeness (QED) is 0.850. The van der Waals surface area contributed by atoms with E-state index in [2.05, 4.69) is 29.5 Å². The molecule has 0 radical (unpaired) electrons. The van der Waals surface area contributed by atoms with E-state index in [9.17, 15) is 4.79 Å². The number of rotatable bonds is 7. The molecule has 1 aromatic carbocycles. The molecule has 4 nitrogen and oxygen atoms in total. The number of nitrogens with zero attached hydrogens (tertiary/aromatic N) is 2. The number of carbonyl (C=O) groups excluding carboxylic acids is 1. The predicted molar refractivity (Wildman–Crippen MR) is 83.8 cm³/mol. The van der Waals surface area contributed by atoms with Crippen LogP contribution >= 0.6 is 0 Å². The Morgan fingerprint density at radius 3 is 2.71 bits per heavy atom. The third-order valence-corrected chi connectivity index (χ3v) is 3.51. The number of aryl methyl sites for hydroxylation is 2. The lowest BCUT2D eigenvalue weighted by Gasteiger charge is -2.18. The Morgan fingerprint density at radius 1 is 1.33 bits per heavy atom. The van der Waals surface area contributed by atoms with Crippen LogP contribution in [-0.2, 0) is 18.3 Å². The number of carbonyl (C=O) groups is 1. The summed E-state index contributed by atoms with van der Waals surface area (Å²) in [6.45, 7) is 2.14. The van der Waals surface area contributed by atoms with Gasteiger partial charge in [0.25, 0.3) is 0 Å². The molecule has 2 aromatic rings. The molecule has 1 unspecified atom stereocenters. The minimum atomic E-state index is 0.0983. The van der Waals surface area contributed by atoms with Gasteiger partial charge in [-0.25, -0.2) is 0 Å². The Kier molecular flexibility index (Phi) is 5.55. The monoisotopic (exact) mass is 285 g/mol. The highest BCUT2D eigenvalue weighted by atomic mass is 16.1. The predicted octanol–water partition coefficient (Wildman–Crippen LogP) is 3.01. The maximum absolute atomic E-state index is 12.1. The molecule has 0 spiro atoms. The average Bonchev–Trinajstić information content (AvgIpc) is 2.91. The van der Waals surface area contributed by atoms with Gasteiger partial charge in [0.1, 0.15) is 0 Å². The SMILES string of the molecule is CCCC(NC(=O)CCc1cnn(C)c1)c1ccccc1. The largest absolute Gasteiger partial charge is 0.349 e. The Hall–Kier alpha value is -2.10. The molecule has 4 heteroatoms. The van der Waals surface area contributed by atoms with Crippen molar-refractivity contribution >= 4 is 5.91 Å². The third-order valence-electron chi connectivity index (χ3n) is 3.51. The van der Waals surface area contributed by atoms with E-state index >= 15 is 0 Å². The lowest BCUT2D eigenvalue weighted by atomic mass is 10.0. The summed E-state index contributed by atoms with van der Waals surface area (Å²) in [6, 6.07) is 10.3. The van der Waals surface area contributed by atoms with E-state index in [0.717, 1.165) is 24.8 Å². The highest BCUT2D eigenvalue weighted by Gasteiger charge is 2.13. The van der Waals surface area contributed by atoms with Gasteiger partial charge in [-0.2, -0.15) is 5.10 Å². The summed E-state index contributed by atoms with van der Waals surface area (Å²) in [5.41, 5.74) is 2.27. The molecule has 0 saturated heterocycles. The molecule has 0 aliphatic rings. The fourth-order valence-corrected chi connectivity index (χ4v) is 2.42. The van der Waals surface area contributed by atoms with Crippen molar-refractivity contribution in [1.29, 1.82) is 0 Å². The number of hydrogen-bond acceptors (Lipinski definition) is 2. The highest BCUT2D eigenvalue weighted by molar-refractivity contribution is 5.76. The number of hydrogen-bond donors (Lipinski definition) is 1. The van der Waals surface area contributed by atoms with E-state index in [1.54, 1.807) is 4.68 Å². The molecule has 1 amide bonds. The molecular weight excluding hydrogens is 262 g/mol. The zero-order chi connectivity index (χ0) is 15.1. The molecule has 0 aliphatic carbocycles. The lowest BCUT2D eigenvalue weighted by molar-refractivity contribution is -0.121. The van der Waals surface area contributed by atoms with E-state index in [4.69, 9.17) is 0 Å². The topological polar surface area (TPSA) is 46.9 Å². The molecule has 21 heavy (non-hydrogen) atoms. The summed E-state index contributed by atoms with van der Waals surface area (Å²) in [5, 5.41) is 7.26. The smallest absolute Gasteiger partial charge is 0.220 e. The van der Waals surface area contributed by atoms with Crippen molar-refractivity contribution in [3.8, 4) is 0 Å². The molecule has 1 aromatic heterocycles. The van der Waals surface area contributed by atoms with E-state index in [-0.39, 0.29) is 11.9 Å². The van der Waals surface area contributed by atoms with Gasteiger partial charge in [0, 0.05) is 19.7 Å². The Morgan fingerprint density at radius 2 is 2.10 bits per heavy atom. The molecule has 112 valence electrons. The first-order valence-electron chi connectivity index (χ1n) is 7.51. The van der Waals surface area contributed by atoms with E-state index in [1.807, 2.05) is 37.6 Å². The van der Waals surface area contributed by atoms with Crippen LogP contribution in [0.15, 0.2) is 42.7 Å². The first-order chi connectivity index (χ1) is 10.2. The fourth-order valence-electron chi connectivity index (χ4n) is 2.42. The maximum atomic E-state index is 12.1. The van der Waals surface area contributed by atoms with Crippen LogP contribution < -0.4 is 5.32 Å². The first kappa shape index (κ1) is 15.3. The normalized spacial score (nSPS) is 12.1. The van der Waals surface area contributed by atoms with Gasteiger partial charge >= 0.3 is 0 Å². The second-order valence-corrected chi connectivity index (χ2v) is 5.34. The van der Waals surface area contributed by atoms with Crippen molar-refractivity contribution in [3.05, 3.63) is 53.9 Å². The Labute approximate surface area is 126 Å². The van der Waals surface area contributed by atoms with Crippen LogP contribution in [0.5, 0.6) is 0 Å². The summed E-state index contributed by atoms with van der Waals surface area (Å²) in [4.78, 5) is 12.1. The molecule has 0 bridgehead atoms. The van der Waals surface area contributed by atoms with Crippen LogP contribution in [-0.4, -0.2) is 15.7 Å². The van der Waals surface area contributed by atoms with Crippen LogP contribution in [0.1, 0.15) is 43.4 Å². The van der Waals surface area contributed by atoms with Gasteiger partial charge in [-0.05, 0) is 24.0 Å². The number of aromatic nitrogens is 2. The van der Waals surface area contributed by atoms with Crippen LogP contribution in [0.2, 0.25) is 0 Å². The lowest BCUT2D eigenvalue weighted by Crippen LogP contribution is -2.28. The molecule has 0 aliphatic heterocycles. The number of amides is 1. The molecule has 1 N–H and O–H groups in total. The van der Waals surface area contributed by atoms with Crippen LogP contribution in [0, 0.1) is 0 Å². The summed E-state index contributed by atoms with van der Waals surface area (Å²) >= 11 is 0. The average molecular weight is 285 g/mol. The minimum Gasteiger partial charge on any atom is -0.349 e.